The Bertz CT molecular complexity index is 1190. The summed E-state index contributed by atoms with van der Waals surface area (Å²) in [7, 11) is -3.91. The van der Waals surface area contributed by atoms with Crippen LogP contribution < -0.4 is 4.74 Å². The van der Waals surface area contributed by atoms with Gasteiger partial charge in [0.1, 0.15) is 5.75 Å². The van der Waals surface area contributed by atoms with E-state index in [1.807, 2.05) is 0 Å². The molecular formula is C19H15Cl2NO5S. The summed E-state index contributed by atoms with van der Waals surface area (Å²) >= 11 is 12.1. The lowest BCUT2D eigenvalue weighted by Crippen LogP contribution is -2.12. The van der Waals surface area contributed by atoms with Crippen LogP contribution in [0.2, 0.25) is 10.0 Å². The average molecular weight is 440 g/mol. The molecule has 1 heterocycles. The van der Waals surface area contributed by atoms with Crippen molar-refractivity contribution in [2.45, 2.75) is 23.6 Å². The molecule has 2 aromatic carbocycles. The fourth-order valence-electron chi connectivity index (χ4n) is 3.01. The Labute approximate surface area is 171 Å². The molecule has 0 radical (unpaired) electrons. The summed E-state index contributed by atoms with van der Waals surface area (Å²) in [5.74, 6) is -0.964. The Morgan fingerprint density at radius 1 is 1.11 bits per heavy atom. The molecule has 1 N–H and O–H groups in total. The van der Waals surface area contributed by atoms with E-state index in [2.05, 4.69) is 4.98 Å². The SMILES string of the molecule is Cc1nc2c(Cl)ccc(OCC(=O)O)c2c(C)c1S(=O)(=O)c1ccc(Cl)cc1. The minimum absolute atomic E-state index is 0.0183. The van der Waals surface area contributed by atoms with Gasteiger partial charge in [-0.25, -0.2) is 13.2 Å². The highest BCUT2D eigenvalue weighted by Gasteiger charge is 2.26. The summed E-state index contributed by atoms with van der Waals surface area (Å²) < 4.78 is 31.8. The maximum Gasteiger partial charge on any atom is 0.341 e. The van der Waals surface area contributed by atoms with Gasteiger partial charge in [0.2, 0.25) is 9.84 Å². The third-order valence-electron chi connectivity index (χ3n) is 4.16. The molecule has 0 atom stereocenters. The molecule has 0 aliphatic rings. The van der Waals surface area contributed by atoms with Crippen LogP contribution in [0.4, 0.5) is 0 Å². The molecule has 3 rings (SSSR count). The van der Waals surface area contributed by atoms with Crippen LogP contribution in [0, 0.1) is 13.8 Å². The molecule has 6 nitrogen and oxygen atoms in total. The van der Waals surface area contributed by atoms with Gasteiger partial charge < -0.3 is 9.84 Å². The van der Waals surface area contributed by atoms with Crippen molar-refractivity contribution >= 4 is 49.9 Å². The number of aromatic nitrogens is 1. The summed E-state index contributed by atoms with van der Waals surface area (Å²) in [6, 6.07) is 8.84. The fraction of sp³-hybridized carbons (Fsp3) is 0.158. The van der Waals surface area contributed by atoms with Gasteiger partial charge >= 0.3 is 5.97 Å². The number of aliphatic carboxylic acids is 1. The molecule has 0 unspecified atom stereocenters. The van der Waals surface area contributed by atoms with E-state index in [1.54, 1.807) is 13.8 Å². The van der Waals surface area contributed by atoms with E-state index in [0.29, 0.717) is 26.5 Å². The maximum atomic E-state index is 13.2. The van der Waals surface area contributed by atoms with Crippen molar-refractivity contribution in [3.8, 4) is 5.75 Å². The van der Waals surface area contributed by atoms with Gasteiger partial charge in [0.15, 0.2) is 6.61 Å². The molecule has 0 aliphatic carbocycles. The summed E-state index contributed by atoms with van der Waals surface area (Å²) in [4.78, 5) is 15.3. The van der Waals surface area contributed by atoms with Crippen LogP contribution in [-0.4, -0.2) is 31.1 Å². The molecule has 0 bridgehead atoms. The zero-order valence-electron chi connectivity index (χ0n) is 14.9. The number of carboxylic acid groups (broad SMARTS) is 1. The first-order chi connectivity index (χ1) is 13.1. The van der Waals surface area contributed by atoms with Crippen LogP contribution in [-0.2, 0) is 14.6 Å². The smallest absolute Gasteiger partial charge is 0.341 e. The lowest BCUT2D eigenvalue weighted by molar-refractivity contribution is -0.139. The highest BCUT2D eigenvalue weighted by Crippen LogP contribution is 2.38. The molecule has 28 heavy (non-hydrogen) atoms. The molecule has 0 amide bonds. The number of fused-ring (bicyclic) bond motifs is 1. The van der Waals surface area contributed by atoms with Crippen LogP contribution in [0.1, 0.15) is 11.3 Å². The standard InChI is InChI=1S/C19H15Cl2NO5S/c1-10-17-15(27-9-16(23)24)8-7-14(21)18(17)22-11(2)19(10)28(25,26)13-5-3-12(20)4-6-13/h3-8H,9H2,1-2H3,(H,23,24). The first-order valence-corrected chi connectivity index (χ1v) is 10.3. The molecule has 3 aromatic rings. The van der Waals surface area contributed by atoms with Crippen molar-refractivity contribution in [2.24, 2.45) is 0 Å². The highest BCUT2D eigenvalue weighted by molar-refractivity contribution is 7.91. The molecule has 0 saturated heterocycles. The van der Waals surface area contributed by atoms with Crippen molar-refractivity contribution < 1.29 is 23.1 Å². The minimum atomic E-state index is -3.91. The summed E-state index contributed by atoms with van der Waals surface area (Å²) in [6.07, 6.45) is 0. The molecular weight excluding hydrogens is 425 g/mol. The van der Waals surface area contributed by atoms with E-state index in [9.17, 15) is 13.2 Å². The van der Waals surface area contributed by atoms with Crippen molar-refractivity contribution in [2.75, 3.05) is 6.61 Å². The number of carboxylic acids is 1. The van der Waals surface area contributed by atoms with Crippen LogP contribution in [0.5, 0.6) is 5.75 Å². The van der Waals surface area contributed by atoms with Gasteiger partial charge in [0.25, 0.3) is 0 Å². The van der Waals surface area contributed by atoms with Gasteiger partial charge in [-0.05, 0) is 55.8 Å². The van der Waals surface area contributed by atoms with Gasteiger partial charge in [0, 0.05) is 10.4 Å². The molecule has 146 valence electrons. The lowest BCUT2D eigenvalue weighted by atomic mass is 10.1. The number of hydrogen-bond acceptors (Lipinski definition) is 5. The first kappa shape index (κ1) is 20.4. The van der Waals surface area contributed by atoms with Gasteiger partial charge in [-0.3, -0.25) is 4.98 Å². The monoisotopic (exact) mass is 439 g/mol. The predicted octanol–water partition coefficient (Wildman–Crippen LogP) is 4.45. The lowest BCUT2D eigenvalue weighted by Gasteiger charge is -2.16. The van der Waals surface area contributed by atoms with Crippen LogP contribution >= 0.6 is 23.2 Å². The number of aryl methyl sites for hydroxylation is 2. The molecule has 0 aliphatic heterocycles. The number of hydrogen-bond donors (Lipinski definition) is 1. The number of carbonyl (C=O) groups is 1. The van der Waals surface area contributed by atoms with Crippen molar-refractivity contribution in [1.82, 2.24) is 4.98 Å². The maximum absolute atomic E-state index is 13.2. The van der Waals surface area contributed by atoms with Gasteiger partial charge in [-0.2, -0.15) is 0 Å². The van der Waals surface area contributed by atoms with Crippen LogP contribution in [0.15, 0.2) is 46.2 Å². The predicted molar refractivity (Wildman–Crippen MR) is 106 cm³/mol. The second kappa shape index (κ2) is 7.58. The van der Waals surface area contributed by atoms with E-state index >= 15 is 0 Å². The molecule has 1 aromatic heterocycles. The van der Waals surface area contributed by atoms with E-state index in [1.165, 1.54) is 36.4 Å². The van der Waals surface area contributed by atoms with E-state index in [0.717, 1.165) is 0 Å². The molecule has 0 fully saturated rings. The number of ether oxygens (including phenoxy) is 1. The first-order valence-electron chi connectivity index (χ1n) is 8.07. The van der Waals surface area contributed by atoms with E-state index in [4.69, 9.17) is 33.0 Å². The number of pyridine rings is 1. The number of nitrogens with zero attached hydrogens (tertiary/aromatic N) is 1. The summed E-state index contributed by atoms with van der Waals surface area (Å²) in [5.41, 5.74) is 0.993. The van der Waals surface area contributed by atoms with Gasteiger partial charge in [-0.1, -0.05) is 23.2 Å². The third kappa shape index (κ3) is 3.65. The normalized spacial score (nSPS) is 11.6. The van der Waals surface area contributed by atoms with E-state index in [-0.39, 0.29) is 21.2 Å². The highest BCUT2D eigenvalue weighted by atomic mass is 35.5. The average Bonchev–Trinajstić information content (AvgIpc) is 2.61. The van der Waals surface area contributed by atoms with Gasteiger partial charge in [-0.15, -0.1) is 0 Å². The topological polar surface area (TPSA) is 93.6 Å². The summed E-state index contributed by atoms with van der Waals surface area (Å²) in [5, 5.41) is 9.97. The van der Waals surface area contributed by atoms with Crippen LogP contribution in [0.25, 0.3) is 10.9 Å². The van der Waals surface area contributed by atoms with Crippen molar-refractivity contribution in [1.29, 1.82) is 0 Å². The molecule has 9 heteroatoms. The quantitative estimate of drug-likeness (QED) is 0.630. The molecule has 0 spiro atoms. The largest absolute Gasteiger partial charge is 0.481 e. The Hall–Kier alpha value is -2.35. The minimum Gasteiger partial charge on any atom is -0.481 e. The fourth-order valence-corrected chi connectivity index (χ4v) is 5.01. The number of halogens is 2. The van der Waals surface area contributed by atoms with Crippen molar-refractivity contribution in [3.63, 3.8) is 0 Å². The van der Waals surface area contributed by atoms with E-state index < -0.39 is 22.4 Å². The summed E-state index contributed by atoms with van der Waals surface area (Å²) in [6.45, 7) is 2.61. The van der Waals surface area contributed by atoms with Crippen LogP contribution in [0.3, 0.4) is 0 Å². The Kier molecular flexibility index (Phi) is 5.52. The Morgan fingerprint density at radius 3 is 2.36 bits per heavy atom. The second-order valence-electron chi connectivity index (χ2n) is 6.06. The number of rotatable bonds is 5. The number of sulfone groups is 1. The second-order valence-corrected chi connectivity index (χ2v) is 8.79. The molecule has 0 saturated carbocycles. The van der Waals surface area contributed by atoms with Crippen molar-refractivity contribution in [3.05, 3.63) is 57.7 Å². The third-order valence-corrected chi connectivity index (χ3v) is 6.75. The zero-order chi connectivity index (χ0) is 20.6. The number of benzene rings is 2. The zero-order valence-corrected chi connectivity index (χ0v) is 17.2. The van der Waals surface area contributed by atoms with Gasteiger partial charge in [0.05, 0.1) is 26.0 Å². The Morgan fingerprint density at radius 2 is 1.75 bits per heavy atom. The Balaban J connectivity index is 2.30.